The summed E-state index contributed by atoms with van der Waals surface area (Å²) in [7, 11) is 4.44. The second kappa shape index (κ2) is 8.30. The van der Waals surface area contributed by atoms with Gasteiger partial charge < -0.3 is 25.5 Å². The number of hydrogen-bond acceptors (Lipinski definition) is 5. The van der Waals surface area contributed by atoms with Crippen LogP contribution in [-0.2, 0) is 6.54 Å². The highest BCUT2D eigenvalue weighted by Crippen LogP contribution is 2.25. The number of piperidine rings is 1. The van der Waals surface area contributed by atoms with Crippen molar-refractivity contribution in [2.24, 2.45) is 5.92 Å². The number of anilines is 1. The Kier molecular flexibility index (Phi) is 6.11. The number of β-amino-alcohol motifs (C(OH)–C–C–N with tert-alkyl or cyclic N) is 1. The molecule has 5 heteroatoms. The van der Waals surface area contributed by atoms with Crippen LogP contribution in [0.3, 0.4) is 0 Å². The maximum absolute atomic E-state index is 9.91. The van der Waals surface area contributed by atoms with Gasteiger partial charge in [0.2, 0.25) is 0 Å². The van der Waals surface area contributed by atoms with E-state index in [9.17, 15) is 5.11 Å². The van der Waals surface area contributed by atoms with E-state index < -0.39 is 0 Å². The van der Waals surface area contributed by atoms with Crippen molar-refractivity contribution in [2.45, 2.75) is 31.5 Å². The zero-order valence-electron chi connectivity index (χ0n) is 15.0. The standard InChI is InChI=1S/C19H32N4O/c1-22-9-7-17(8-10-22)23(2)18-6-4-3-5-15(18)11-20-12-16-13-21-14-19(16)24/h3-6,16-17,19-21,24H,7-14H2,1-2H3. The quantitative estimate of drug-likeness (QED) is 0.722. The van der Waals surface area contributed by atoms with Crippen LogP contribution in [-0.4, -0.2) is 69.0 Å². The molecule has 2 atom stereocenters. The minimum Gasteiger partial charge on any atom is -0.391 e. The molecule has 0 amide bonds. The third-order valence-corrected chi connectivity index (χ3v) is 5.63. The molecular formula is C19H32N4O. The lowest BCUT2D eigenvalue weighted by atomic mass is 10.0. The average Bonchev–Trinajstić information content (AvgIpc) is 3.00. The Morgan fingerprint density at radius 3 is 2.71 bits per heavy atom. The van der Waals surface area contributed by atoms with E-state index in [-0.39, 0.29) is 6.10 Å². The predicted molar refractivity (Wildman–Crippen MR) is 99.4 cm³/mol. The fourth-order valence-corrected chi connectivity index (χ4v) is 3.90. The Morgan fingerprint density at radius 2 is 2.00 bits per heavy atom. The van der Waals surface area contributed by atoms with E-state index in [1.165, 1.54) is 37.2 Å². The van der Waals surface area contributed by atoms with Crippen LogP contribution in [0.25, 0.3) is 0 Å². The lowest BCUT2D eigenvalue weighted by Crippen LogP contribution is -2.42. The van der Waals surface area contributed by atoms with E-state index in [2.05, 4.69) is 58.8 Å². The fraction of sp³-hybridized carbons (Fsp3) is 0.684. The predicted octanol–water partition coefficient (Wildman–Crippen LogP) is 0.887. The van der Waals surface area contributed by atoms with Gasteiger partial charge in [0.25, 0.3) is 0 Å². The summed E-state index contributed by atoms with van der Waals surface area (Å²) in [6.45, 7) is 5.72. The summed E-state index contributed by atoms with van der Waals surface area (Å²) in [6.07, 6.45) is 2.25. The van der Waals surface area contributed by atoms with E-state index in [0.29, 0.717) is 12.0 Å². The summed E-state index contributed by atoms with van der Waals surface area (Å²) in [5.74, 6) is 0.323. The lowest BCUT2D eigenvalue weighted by molar-refractivity contribution is 0.146. The van der Waals surface area contributed by atoms with Crippen LogP contribution in [0.4, 0.5) is 5.69 Å². The largest absolute Gasteiger partial charge is 0.391 e. The molecule has 0 aromatic heterocycles. The molecule has 0 radical (unpaired) electrons. The van der Waals surface area contributed by atoms with Crippen molar-refractivity contribution in [3.8, 4) is 0 Å². The van der Waals surface area contributed by atoms with Gasteiger partial charge in [0.15, 0.2) is 0 Å². The molecule has 0 saturated carbocycles. The van der Waals surface area contributed by atoms with E-state index in [4.69, 9.17) is 0 Å². The summed E-state index contributed by atoms with van der Waals surface area (Å²) in [5.41, 5.74) is 2.68. The molecule has 0 spiro atoms. The second-order valence-electron chi connectivity index (χ2n) is 7.39. The molecule has 0 aliphatic carbocycles. The summed E-state index contributed by atoms with van der Waals surface area (Å²) >= 11 is 0. The van der Waals surface area contributed by atoms with Crippen molar-refractivity contribution in [2.75, 3.05) is 51.7 Å². The van der Waals surface area contributed by atoms with Crippen LogP contribution in [0, 0.1) is 5.92 Å². The Balaban J connectivity index is 1.58. The number of rotatable bonds is 6. The zero-order valence-corrected chi connectivity index (χ0v) is 15.0. The number of nitrogens with zero attached hydrogens (tertiary/aromatic N) is 2. The molecule has 24 heavy (non-hydrogen) atoms. The summed E-state index contributed by atoms with van der Waals surface area (Å²) < 4.78 is 0. The SMILES string of the molecule is CN1CCC(N(C)c2ccccc2CNCC2CNCC2O)CC1. The average molecular weight is 332 g/mol. The molecule has 1 aromatic carbocycles. The van der Waals surface area contributed by atoms with E-state index >= 15 is 0 Å². The maximum atomic E-state index is 9.91. The first kappa shape index (κ1) is 17.7. The molecule has 0 bridgehead atoms. The molecule has 3 rings (SSSR count). The Morgan fingerprint density at radius 1 is 1.25 bits per heavy atom. The van der Waals surface area contributed by atoms with Crippen molar-refractivity contribution in [3.05, 3.63) is 29.8 Å². The number of aliphatic hydroxyl groups excluding tert-OH is 1. The molecule has 2 aliphatic heterocycles. The highest BCUT2D eigenvalue weighted by atomic mass is 16.3. The van der Waals surface area contributed by atoms with Crippen molar-refractivity contribution < 1.29 is 5.11 Å². The molecule has 2 heterocycles. The molecule has 5 nitrogen and oxygen atoms in total. The minimum absolute atomic E-state index is 0.213. The number of nitrogens with one attached hydrogen (secondary N) is 2. The van der Waals surface area contributed by atoms with Crippen LogP contribution < -0.4 is 15.5 Å². The van der Waals surface area contributed by atoms with Gasteiger partial charge in [-0.15, -0.1) is 0 Å². The van der Waals surface area contributed by atoms with Gasteiger partial charge in [0.05, 0.1) is 6.10 Å². The lowest BCUT2D eigenvalue weighted by Gasteiger charge is -2.37. The zero-order chi connectivity index (χ0) is 16.9. The molecule has 3 N–H and O–H groups in total. The minimum atomic E-state index is -0.213. The van der Waals surface area contributed by atoms with Crippen molar-refractivity contribution in [3.63, 3.8) is 0 Å². The van der Waals surface area contributed by atoms with Crippen LogP contribution in [0.15, 0.2) is 24.3 Å². The molecule has 2 fully saturated rings. The Labute approximate surface area is 146 Å². The Hall–Kier alpha value is -1.14. The van der Waals surface area contributed by atoms with Gasteiger partial charge in [0, 0.05) is 50.9 Å². The third kappa shape index (κ3) is 4.28. The van der Waals surface area contributed by atoms with Crippen LogP contribution in [0.2, 0.25) is 0 Å². The van der Waals surface area contributed by atoms with Gasteiger partial charge in [-0.05, 0) is 44.6 Å². The number of aliphatic hydroxyl groups is 1. The number of para-hydroxylation sites is 1. The molecular weight excluding hydrogens is 300 g/mol. The maximum Gasteiger partial charge on any atom is 0.0716 e. The van der Waals surface area contributed by atoms with Gasteiger partial charge in [-0.2, -0.15) is 0 Å². The number of benzene rings is 1. The summed E-state index contributed by atoms with van der Waals surface area (Å²) in [5, 5.41) is 16.7. The second-order valence-corrected chi connectivity index (χ2v) is 7.39. The molecule has 2 saturated heterocycles. The highest BCUT2D eigenvalue weighted by Gasteiger charge is 2.25. The number of hydrogen-bond donors (Lipinski definition) is 3. The van der Waals surface area contributed by atoms with E-state index in [0.717, 1.165) is 26.2 Å². The third-order valence-electron chi connectivity index (χ3n) is 5.63. The van der Waals surface area contributed by atoms with Crippen molar-refractivity contribution >= 4 is 5.69 Å². The van der Waals surface area contributed by atoms with Gasteiger partial charge in [-0.3, -0.25) is 0 Å². The monoisotopic (exact) mass is 332 g/mol. The first-order chi connectivity index (χ1) is 11.6. The summed E-state index contributed by atoms with van der Waals surface area (Å²) in [4.78, 5) is 4.88. The topological polar surface area (TPSA) is 50.8 Å². The normalized spacial score (nSPS) is 26.0. The first-order valence-corrected chi connectivity index (χ1v) is 9.24. The fourth-order valence-electron chi connectivity index (χ4n) is 3.90. The van der Waals surface area contributed by atoms with Crippen LogP contribution >= 0.6 is 0 Å². The molecule has 2 aliphatic rings. The Bertz CT molecular complexity index is 516. The molecule has 2 unspecified atom stereocenters. The van der Waals surface area contributed by atoms with Crippen LogP contribution in [0.5, 0.6) is 0 Å². The van der Waals surface area contributed by atoms with Crippen LogP contribution in [0.1, 0.15) is 18.4 Å². The van der Waals surface area contributed by atoms with Crippen molar-refractivity contribution in [1.29, 1.82) is 0 Å². The molecule has 1 aromatic rings. The first-order valence-electron chi connectivity index (χ1n) is 9.24. The van der Waals surface area contributed by atoms with Gasteiger partial charge >= 0.3 is 0 Å². The van der Waals surface area contributed by atoms with Crippen molar-refractivity contribution in [1.82, 2.24) is 15.5 Å². The van der Waals surface area contributed by atoms with Gasteiger partial charge in [0.1, 0.15) is 0 Å². The van der Waals surface area contributed by atoms with E-state index in [1.807, 2.05) is 0 Å². The van der Waals surface area contributed by atoms with E-state index in [1.54, 1.807) is 0 Å². The highest BCUT2D eigenvalue weighted by molar-refractivity contribution is 5.54. The smallest absolute Gasteiger partial charge is 0.0716 e. The summed E-state index contributed by atoms with van der Waals surface area (Å²) in [6, 6.07) is 9.34. The van der Waals surface area contributed by atoms with Gasteiger partial charge in [-0.1, -0.05) is 18.2 Å². The molecule has 134 valence electrons. The van der Waals surface area contributed by atoms with Gasteiger partial charge in [-0.25, -0.2) is 0 Å². The number of likely N-dealkylation sites (tertiary alicyclic amines) is 1.